The highest BCUT2D eigenvalue weighted by molar-refractivity contribution is 6.30. The summed E-state index contributed by atoms with van der Waals surface area (Å²) in [6, 6.07) is 14.6. The van der Waals surface area contributed by atoms with Gasteiger partial charge in [-0.1, -0.05) is 42.0 Å². The molecule has 3 amide bonds. The Morgan fingerprint density at radius 2 is 1.78 bits per heavy atom. The van der Waals surface area contributed by atoms with Crippen molar-refractivity contribution in [3.05, 3.63) is 76.8 Å². The van der Waals surface area contributed by atoms with E-state index in [4.69, 9.17) is 11.6 Å². The Labute approximate surface area is 191 Å². The molecule has 2 aliphatic carbocycles. The molecule has 164 valence electrons. The zero-order valence-corrected chi connectivity index (χ0v) is 18.3. The monoisotopic (exact) mass is 449 g/mol. The number of allylic oxidation sites excluding steroid dienone is 2. The maximum atomic E-state index is 13.0. The first kappa shape index (κ1) is 20.8. The molecule has 2 N–H and O–H groups in total. The van der Waals surface area contributed by atoms with Crippen LogP contribution in [0.3, 0.4) is 0 Å². The molecule has 0 bridgehead atoms. The van der Waals surface area contributed by atoms with Gasteiger partial charge in [0.25, 0.3) is 5.91 Å². The van der Waals surface area contributed by atoms with Gasteiger partial charge in [-0.3, -0.25) is 19.8 Å². The normalized spacial score (nSPS) is 23.3. The van der Waals surface area contributed by atoms with Crippen molar-refractivity contribution >= 4 is 35.0 Å². The molecule has 2 unspecified atom stereocenters. The second kappa shape index (κ2) is 8.10. The SMILES string of the molecule is O=C(NCC1(c2ccc(Cl)cc2)CC1)c1cccc(N2NC(=O)C3CC=CCC3C2=O)c1. The second-order valence-electron chi connectivity index (χ2n) is 8.83. The number of hydrogen-bond donors (Lipinski definition) is 2. The first-order chi connectivity index (χ1) is 15.5. The van der Waals surface area contributed by atoms with Gasteiger partial charge in [0.1, 0.15) is 0 Å². The van der Waals surface area contributed by atoms with Crippen LogP contribution >= 0.6 is 11.6 Å². The number of amides is 3. The van der Waals surface area contributed by atoms with Crippen molar-refractivity contribution in [3.63, 3.8) is 0 Å². The highest BCUT2D eigenvalue weighted by Crippen LogP contribution is 2.47. The minimum Gasteiger partial charge on any atom is -0.351 e. The number of rotatable bonds is 5. The van der Waals surface area contributed by atoms with Crippen molar-refractivity contribution in [2.24, 2.45) is 11.8 Å². The number of benzene rings is 2. The first-order valence-electron chi connectivity index (χ1n) is 10.9. The van der Waals surface area contributed by atoms with Gasteiger partial charge in [0.05, 0.1) is 17.5 Å². The van der Waals surface area contributed by atoms with Crippen LogP contribution < -0.4 is 15.8 Å². The molecular weight excluding hydrogens is 426 g/mol. The molecule has 7 heteroatoms. The number of fused-ring (bicyclic) bond motifs is 1. The van der Waals surface area contributed by atoms with E-state index in [-0.39, 0.29) is 35.0 Å². The summed E-state index contributed by atoms with van der Waals surface area (Å²) in [5, 5.41) is 5.02. The van der Waals surface area contributed by atoms with Crippen LogP contribution in [0.25, 0.3) is 0 Å². The molecule has 2 aromatic rings. The molecule has 0 spiro atoms. The largest absolute Gasteiger partial charge is 0.351 e. The Kier molecular flexibility index (Phi) is 5.25. The van der Waals surface area contributed by atoms with Gasteiger partial charge in [-0.05, 0) is 61.6 Å². The lowest BCUT2D eigenvalue weighted by Gasteiger charge is -2.38. The average Bonchev–Trinajstić information content (AvgIpc) is 3.61. The van der Waals surface area contributed by atoms with Crippen LogP contribution in [0.1, 0.15) is 41.6 Å². The molecule has 3 aliphatic rings. The maximum Gasteiger partial charge on any atom is 0.251 e. The van der Waals surface area contributed by atoms with Gasteiger partial charge in [-0.2, -0.15) is 0 Å². The molecule has 0 aromatic heterocycles. The number of carbonyl (C=O) groups is 3. The maximum absolute atomic E-state index is 13.0. The van der Waals surface area contributed by atoms with Crippen LogP contribution in [-0.4, -0.2) is 24.3 Å². The summed E-state index contributed by atoms with van der Waals surface area (Å²) in [5.41, 5.74) is 4.77. The van der Waals surface area contributed by atoms with E-state index in [2.05, 4.69) is 10.7 Å². The third kappa shape index (κ3) is 3.79. The third-order valence-corrected chi connectivity index (χ3v) is 7.04. The fourth-order valence-electron chi connectivity index (χ4n) is 4.64. The van der Waals surface area contributed by atoms with Crippen molar-refractivity contribution in [2.75, 3.05) is 11.6 Å². The van der Waals surface area contributed by atoms with E-state index in [1.165, 1.54) is 10.6 Å². The fraction of sp³-hybridized carbons (Fsp3) is 0.320. The van der Waals surface area contributed by atoms with Gasteiger partial charge >= 0.3 is 0 Å². The molecule has 6 nitrogen and oxygen atoms in total. The zero-order valence-electron chi connectivity index (χ0n) is 17.5. The van der Waals surface area contributed by atoms with E-state index < -0.39 is 0 Å². The molecule has 1 aliphatic heterocycles. The lowest BCUT2D eigenvalue weighted by atomic mass is 9.80. The van der Waals surface area contributed by atoms with Crippen molar-refractivity contribution in [1.29, 1.82) is 0 Å². The quantitative estimate of drug-likeness (QED) is 0.682. The van der Waals surface area contributed by atoms with Crippen molar-refractivity contribution in [3.8, 4) is 0 Å². The summed E-state index contributed by atoms with van der Waals surface area (Å²) in [6.45, 7) is 0.535. The second-order valence-corrected chi connectivity index (χ2v) is 9.26. The van der Waals surface area contributed by atoms with E-state index in [1.54, 1.807) is 24.3 Å². The number of hydrogen-bond acceptors (Lipinski definition) is 3. The number of anilines is 1. The van der Waals surface area contributed by atoms with Crippen LogP contribution in [0.15, 0.2) is 60.7 Å². The summed E-state index contributed by atoms with van der Waals surface area (Å²) in [7, 11) is 0. The molecule has 0 radical (unpaired) electrons. The van der Waals surface area contributed by atoms with E-state index in [0.29, 0.717) is 35.7 Å². The van der Waals surface area contributed by atoms with Gasteiger partial charge in [-0.25, -0.2) is 5.01 Å². The summed E-state index contributed by atoms with van der Waals surface area (Å²) in [6.07, 6.45) is 7.06. The fourth-order valence-corrected chi connectivity index (χ4v) is 4.77. The molecule has 1 saturated heterocycles. The molecule has 32 heavy (non-hydrogen) atoms. The smallest absolute Gasteiger partial charge is 0.251 e. The first-order valence-corrected chi connectivity index (χ1v) is 11.3. The number of nitrogens with zero attached hydrogens (tertiary/aromatic N) is 1. The van der Waals surface area contributed by atoms with E-state index in [0.717, 1.165) is 12.8 Å². The van der Waals surface area contributed by atoms with Gasteiger partial charge in [0.2, 0.25) is 11.8 Å². The van der Waals surface area contributed by atoms with Crippen LogP contribution in [0.5, 0.6) is 0 Å². The number of hydrazine groups is 1. The lowest BCUT2D eigenvalue weighted by molar-refractivity contribution is -0.139. The number of carbonyl (C=O) groups excluding carboxylic acids is 3. The Balaban J connectivity index is 1.29. The van der Waals surface area contributed by atoms with Gasteiger partial charge in [-0.15, -0.1) is 0 Å². The molecule has 2 fully saturated rings. The lowest BCUT2D eigenvalue weighted by Crippen LogP contribution is -2.59. The van der Waals surface area contributed by atoms with E-state index in [9.17, 15) is 14.4 Å². The predicted molar refractivity (Wildman–Crippen MR) is 122 cm³/mol. The van der Waals surface area contributed by atoms with Crippen molar-refractivity contribution in [1.82, 2.24) is 10.7 Å². The van der Waals surface area contributed by atoms with Crippen LogP contribution in [0, 0.1) is 11.8 Å². The topological polar surface area (TPSA) is 78.5 Å². The Morgan fingerprint density at radius 1 is 1.06 bits per heavy atom. The Morgan fingerprint density at radius 3 is 2.50 bits per heavy atom. The van der Waals surface area contributed by atoms with Crippen molar-refractivity contribution < 1.29 is 14.4 Å². The molecule has 5 rings (SSSR count). The van der Waals surface area contributed by atoms with Gasteiger partial charge in [0.15, 0.2) is 0 Å². The Bertz CT molecular complexity index is 1110. The number of halogens is 1. The summed E-state index contributed by atoms with van der Waals surface area (Å²) < 4.78 is 0. The Hall–Kier alpha value is -3.12. The molecule has 2 atom stereocenters. The predicted octanol–water partition coefficient (Wildman–Crippen LogP) is 3.76. The third-order valence-electron chi connectivity index (χ3n) is 6.79. The molecule has 1 heterocycles. The zero-order chi connectivity index (χ0) is 22.3. The molecular formula is C25H24ClN3O3. The highest BCUT2D eigenvalue weighted by atomic mass is 35.5. The minimum atomic E-state index is -0.361. The van der Waals surface area contributed by atoms with Crippen molar-refractivity contribution in [2.45, 2.75) is 31.1 Å². The van der Waals surface area contributed by atoms with E-state index >= 15 is 0 Å². The standard InChI is InChI=1S/C25H24ClN3O3/c26-18-10-8-17(9-11-18)25(12-13-25)15-27-22(30)16-4-3-5-19(14-16)29-24(32)21-7-2-1-6-20(21)23(31)28-29/h1-5,8-11,14,20-21H,6-7,12-13,15H2,(H,27,30)(H,28,31). The molecule has 2 aromatic carbocycles. The highest BCUT2D eigenvalue weighted by Gasteiger charge is 2.44. The van der Waals surface area contributed by atoms with E-state index in [1.807, 2.05) is 36.4 Å². The van der Waals surface area contributed by atoms with Gasteiger partial charge < -0.3 is 5.32 Å². The minimum absolute atomic E-state index is 0.0435. The number of nitrogens with one attached hydrogen (secondary N) is 2. The summed E-state index contributed by atoms with van der Waals surface area (Å²) in [5.74, 6) is -1.19. The van der Waals surface area contributed by atoms with Crippen LogP contribution in [-0.2, 0) is 15.0 Å². The van der Waals surface area contributed by atoms with Crippen LogP contribution in [0.4, 0.5) is 5.69 Å². The summed E-state index contributed by atoms with van der Waals surface area (Å²) >= 11 is 6.00. The van der Waals surface area contributed by atoms with Gasteiger partial charge in [0, 0.05) is 22.5 Å². The average molecular weight is 450 g/mol. The molecule has 1 saturated carbocycles. The summed E-state index contributed by atoms with van der Waals surface area (Å²) in [4.78, 5) is 38.4. The van der Waals surface area contributed by atoms with Crippen LogP contribution in [0.2, 0.25) is 5.02 Å².